The molecule has 0 bridgehead atoms. The molecule has 0 radical (unpaired) electrons. The zero-order valence-corrected chi connectivity index (χ0v) is 11.2. The largest absolute Gasteiger partial charge is 0.387 e. The van der Waals surface area contributed by atoms with Gasteiger partial charge in [-0.15, -0.1) is 0 Å². The van der Waals surface area contributed by atoms with E-state index in [-0.39, 0.29) is 5.91 Å². The van der Waals surface area contributed by atoms with Crippen LogP contribution in [0.4, 0.5) is 0 Å². The second-order valence-electron chi connectivity index (χ2n) is 5.28. The smallest absolute Gasteiger partial charge is 0.222 e. The van der Waals surface area contributed by atoms with Crippen molar-refractivity contribution < 1.29 is 9.90 Å². The zero-order valence-electron chi connectivity index (χ0n) is 11.2. The predicted octanol–water partition coefficient (Wildman–Crippen LogP) is -0.489. The van der Waals surface area contributed by atoms with Gasteiger partial charge in [-0.1, -0.05) is 0 Å². The van der Waals surface area contributed by atoms with E-state index in [4.69, 9.17) is 0 Å². The summed E-state index contributed by atoms with van der Waals surface area (Å²) < 4.78 is 0. The molecule has 17 heavy (non-hydrogen) atoms. The van der Waals surface area contributed by atoms with Crippen LogP contribution in [0.5, 0.6) is 0 Å². The number of hydrogen-bond donors (Lipinski definition) is 2. The molecule has 1 atom stereocenters. The van der Waals surface area contributed by atoms with Crippen LogP contribution in [-0.2, 0) is 4.79 Å². The molecular weight excluding hydrogens is 218 g/mol. The second-order valence-corrected chi connectivity index (χ2v) is 5.28. The van der Waals surface area contributed by atoms with Crippen LogP contribution in [0.15, 0.2) is 0 Å². The van der Waals surface area contributed by atoms with Gasteiger partial charge in [0.25, 0.3) is 0 Å². The minimum atomic E-state index is -0.583. The van der Waals surface area contributed by atoms with Crippen LogP contribution in [0.3, 0.4) is 0 Å². The molecule has 0 spiro atoms. The Morgan fingerprint density at radius 3 is 2.65 bits per heavy atom. The number of amides is 1. The summed E-state index contributed by atoms with van der Waals surface area (Å²) >= 11 is 0. The van der Waals surface area contributed by atoms with Gasteiger partial charge in [0.05, 0.1) is 5.60 Å². The first-order valence-electron chi connectivity index (χ1n) is 6.25. The molecule has 5 nitrogen and oxygen atoms in total. The molecule has 0 aromatic heterocycles. The SMILES string of the molecule is CN(CCCC(=O)N(C)C)CC1(O)CCNC1. The average molecular weight is 243 g/mol. The highest BCUT2D eigenvalue weighted by molar-refractivity contribution is 5.75. The van der Waals surface area contributed by atoms with E-state index in [1.165, 1.54) is 0 Å². The van der Waals surface area contributed by atoms with E-state index < -0.39 is 5.60 Å². The highest BCUT2D eigenvalue weighted by Crippen LogP contribution is 2.15. The van der Waals surface area contributed by atoms with E-state index in [0.29, 0.717) is 19.5 Å². The maximum atomic E-state index is 11.4. The first kappa shape index (κ1) is 14.4. The fourth-order valence-electron chi connectivity index (χ4n) is 2.17. The van der Waals surface area contributed by atoms with Gasteiger partial charge >= 0.3 is 0 Å². The van der Waals surface area contributed by atoms with Crippen LogP contribution < -0.4 is 5.32 Å². The monoisotopic (exact) mass is 243 g/mol. The maximum Gasteiger partial charge on any atom is 0.222 e. The highest BCUT2D eigenvalue weighted by Gasteiger charge is 2.31. The Bertz CT molecular complexity index is 250. The fourth-order valence-corrected chi connectivity index (χ4v) is 2.17. The van der Waals surface area contributed by atoms with Gasteiger partial charge in [0, 0.05) is 33.6 Å². The van der Waals surface area contributed by atoms with Crippen molar-refractivity contribution >= 4 is 5.91 Å². The lowest BCUT2D eigenvalue weighted by molar-refractivity contribution is -0.128. The van der Waals surface area contributed by atoms with E-state index >= 15 is 0 Å². The van der Waals surface area contributed by atoms with Gasteiger partial charge in [0.2, 0.25) is 5.91 Å². The number of β-amino-alcohol motifs (C(OH)–C–C–N with tert-alkyl or cyclic N) is 1. The van der Waals surface area contributed by atoms with Crippen LogP contribution >= 0.6 is 0 Å². The predicted molar refractivity (Wildman–Crippen MR) is 67.9 cm³/mol. The van der Waals surface area contributed by atoms with Crippen LogP contribution in [0.1, 0.15) is 19.3 Å². The summed E-state index contributed by atoms with van der Waals surface area (Å²) in [5, 5.41) is 13.3. The van der Waals surface area contributed by atoms with Gasteiger partial charge in [-0.05, 0) is 33.0 Å². The summed E-state index contributed by atoms with van der Waals surface area (Å²) in [6.45, 7) is 3.09. The van der Waals surface area contributed by atoms with Gasteiger partial charge in [0.15, 0.2) is 0 Å². The molecule has 5 heteroatoms. The molecule has 1 saturated heterocycles. The topological polar surface area (TPSA) is 55.8 Å². The van der Waals surface area contributed by atoms with Gasteiger partial charge < -0.3 is 20.2 Å². The van der Waals surface area contributed by atoms with Crippen molar-refractivity contribution in [2.75, 3.05) is 47.3 Å². The summed E-state index contributed by atoms with van der Waals surface area (Å²) in [4.78, 5) is 15.1. The third-order valence-corrected chi connectivity index (χ3v) is 3.21. The Hall–Kier alpha value is -0.650. The molecule has 0 aromatic carbocycles. The van der Waals surface area contributed by atoms with Crippen LogP contribution in [-0.4, -0.2) is 73.7 Å². The molecule has 0 saturated carbocycles. The fraction of sp³-hybridized carbons (Fsp3) is 0.917. The Labute approximate surface area is 104 Å². The van der Waals surface area contributed by atoms with E-state index in [0.717, 1.165) is 25.9 Å². The molecule has 2 N–H and O–H groups in total. The third kappa shape index (κ3) is 5.02. The molecule has 1 unspecified atom stereocenters. The standard InChI is InChI=1S/C12H25N3O2/c1-14(2)11(16)5-4-8-15(3)10-12(17)6-7-13-9-12/h13,17H,4-10H2,1-3H3. The minimum Gasteiger partial charge on any atom is -0.387 e. The Morgan fingerprint density at radius 2 is 2.12 bits per heavy atom. The second kappa shape index (κ2) is 6.33. The molecule has 1 amide bonds. The quantitative estimate of drug-likeness (QED) is 0.661. The molecular formula is C12H25N3O2. The van der Waals surface area contributed by atoms with Crippen molar-refractivity contribution in [1.82, 2.24) is 15.1 Å². The third-order valence-electron chi connectivity index (χ3n) is 3.21. The normalized spacial score (nSPS) is 24.3. The Kier molecular flexibility index (Phi) is 5.36. The molecule has 0 aromatic rings. The first-order valence-corrected chi connectivity index (χ1v) is 6.25. The lowest BCUT2D eigenvalue weighted by atomic mass is 10.0. The summed E-state index contributed by atoms with van der Waals surface area (Å²) in [7, 11) is 5.55. The molecule has 1 aliphatic heterocycles. The number of likely N-dealkylation sites (N-methyl/N-ethyl adjacent to an activating group) is 1. The van der Waals surface area contributed by atoms with Gasteiger partial charge in [0.1, 0.15) is 0 Å². The van der Waals surface area contributed by atoms with Crippen LogP contribution in [0.25, 0.3) is 0 Å². The van der Waals surface area contributed by atoms with E-state index in [9.17, 15) is 9.90 Å². The van der Waals surface area contributed by atoms with Crippen molar-refractivity contribution in [3.63, 3.8) is 0 Å². The summed E-state index contributed by atoms with van der Waals surface area (Å²) in [5.41, 5.74) is -0.583. The number of nitrogens with zero attached hydrogens (tertiary/aromatic N) is 2. The van der Waals surface area contributed by atoms with Crippen LogP contribution in [0.2, 0.25) is 0 Å². The van der Waals surface area contributed by atoms with Crippen molar-refractivity contribution in [2.24, 2.45) is 0 Å². The molecule has 1 heterocycles. The van der Waals surface area contributed by atoms with Crippen LogP contribution in [0, 0.1) is 0 Å². The number of carbonyl (C=O) groups is 1. The molecule has 1 aliphatic rings. The Balaban J connectivity index is 2.17. The van der Waals surface area contributed by atoms with Gasteiger partial charge in [-0.2, -0.15) is 0 Å². The van der Waals surface area contributed by atoms with Crippen molar-refractivity contribution in [3.8, 4) is 0 Å². The van der Waals surface area contributed by atoms with Crippen molar-refractivity contribution in [1.29, 1.82) is 0 Å². The summed E-state index contributed by atoms with van der Waals surface area (Å²) in [6, 6.07) is 0. The van der Waals surface area contributed by atoms with E-state index in [1.54, 1.807) is 19.0 Å². The molecule has 100 valence electrons. The van der Waals surface area contributed by atoms with Crippen molar-refractivity contribution in [3.05, 3.63) is 0 Å². The molecule has 1 rings (SSSR count). The summed E-state index contributed by atoms with van der Waals surface area (Å²) in [5.74, 6) is 0.166. The summed E-state index contributed by atoms with van der Waals surface area (Å²) in [6.07, 6.45) is 2.24. The number of nitrogens with one attached hydrogen (secondary N) is 1. The minimum absolute atomic E-state index is 0.166. The molecule has 1 fully saturated rings. The maximum absolute atomic E-state index is 11.4. The number of aliphatic hydroxyl groups is 1. The van der Waals surface area contributed by atoms with E-state index in [2.05, 4.69) is 10.2 Å². The lowest BCUT2D eigenvalue weighted by Gasteiger charge is -2.28. The lowest BCUT2D eigenvalue weighted by Crippen LogP contribution is -2.43. The number of carbonyl (C=O) groups excluding carboxylic acids is 1. The number of rotatable bonds is 6. The number of hydrogen-bond acceptors (Lipinski definition) is 4. The zero-order chi connectivity index (χ0) is 12.9. The average Bonchev–Trinajstić information content (AvgIpc) is 2.64. The van der Waals surface area contributed by atoms with E-state index in [1.807, 2.05) is 7.05 Å². The van der Waals surface area contributed by atoms with Gasteiger partial charge in [-0.25, -0.2) is 0 Å². The first-order chi connectivity index (χ1) is 7.93. The molecule has 0 aliphatic carbocycles. The Morgan fingerprint density at radius 1 is 1.41 bits per heavy atom. The van der Waals surface area contributed by atoms with Crippen molar-refractivity contribution in [2.45, 2.75) is 24.9 Å². The highest BCUT2D eigenvalue weighted by atomic mass is 16.3. The van der Waals surface area contributed by atoms with Gasteiger partial charge in [-0.3, -0.25) is 4.79 Å².